The molecule has 26 heavy (non-hydrogen) atoms. The average Bonchev–Trinajstić information content (AvgIpc) is 2.63. The Bertz CT molecular complexity index is 670. The van der Waals surface area contributed by atoms with Crippen LogP contribution in [0.25, 0.3) is 0 Å². The van der Waals surface area contributed by atoms with Crippen molar-refractivity contribution in [1.82, 2.24) is 19.8 Å². The van der Waals surface area contributed by atoms with Gasteiger partial charge in [-0.3, -0.25) is 9.89 Å². The van der Waals surface area contributed by atoms with Crippen LogP contribution in [0.2, 0.25) is 0 Å². The number of nitrogens with one attached hydrogen (secondary N) is 2. The highest BCUT2D eigenvalue weighted by molar-refractivity contribution is 7.88. The highest BCUT2D eigenvalue weighted by atomic mass is 32.2. The summed E-state index contributed by atoms with van der Waals surface area (Å²) < 4.78 is 24.7. The lowest BCUT2D eigenvalue weighted by molar-refractivity contribution is 0.127. The first-order chi connectivity index (χ1) is 12.4. The molecular formula is C18H31N5O2S. The lowest BCUT2D eigenvalue weighted by Gasteiger charge is -2.40. The Morgan fingerprint density at radius 2 is 1.81 bits per heavy atom. The summed E-state index contributed by atoms with van der Waals surface area (Å²) in [5.74, 6) is 0.827. The van der Waals surface area contributed by atoms with Crippen LogP contribution in [0.15, 0.2) is 35.3 Å². The highest BCUT2D eigenvalue weighted by Gasteiger charge is 2.25. The molecule has 7 nitrogen and oxygen atoms in total. The molecule has 1 heterocycles. The number of guanidine groups is 1. The molecule has 1 saturated heterocycles. The van der Waals surface area contributed by atoms with Crippen molar-refractivity contribution in [2.24, 2.45) is 4.99 Å². The number of nitrogens with zero attached hydrogens (tertiary/aromatic N) is 3. The van der Waals surface area contributed by atoms with E-state index in [-0.39, 0.29) is 0 Å². The predicted octanol–water partition coefficient (Wildman–Crippen LogP) is 0.880. The third kappa shape index (κ3) is 6.26. The number of hydrogen-bond donors (Lipinski definition) is 2. The fraction of sp³-hybridized carbons (Fsp3) is 0.611. The van der Waals surface area contributed by atoms with Crippen molar-refractivity contribution < 1.29 is 8.42 Å². The van der Waals surface area contributed by atoms with Crippen LogP contribution in [0.5, 0.6) is 0 Å². The first kappa shape index (κ1) is 20.7. The number of benzene rings is 1. The van der Waals surface area contributed by atoms with Gasteiger partial charge in [-0.05, 0) is 12.0 Å². The summed E-state index contributed by atoms with van der Waals surface area (Å²) in [5, 5.41) is 3.23. The van der Waals surface area contributed by atoms with Gasteiger partial charge >= 0.3 is 0 Å². The summed E-state index contributed by atoms with van der Waals surface area (Å²) in [6, 6.07) is 11.1. The van der Waals surface area contributed by atoms with Crippen molar-refractivity contribution in [2.75, 3.05) is 52.6 Å². The second-order valence-electron chi connectivity index (χ2n) is 6.50. The fourth-order valence-corrected chi connectivity index (χ4v) is 3.84. The quantitative estimate of drug-likeness (QED) is 0.417. The summed E-state index contributed by atoms with van der Waals surface area (Å²) in [6.45, 7) is 6.88. The van der Waals surface area contributed by atoms with E-state index in [4.69, 9.17) is 0 Å². The van der Waals surface area contributed by atoms with Gasteiger partial charge in [0.05, 0.1) is 6.26 Å². The molecule has 0 radical (unpaired) electrons. The average molecular weight is 382 g/mol. The van der Waals surface area contributed by atoms with E-state index in [2.05, 4.69) is 62.1 Å². The van der Waals surface area contributed by atoms with Gasteiger partial charge in [0.1, 0.15) is 0 Å². The van der Waals surface area contributed by atoms with E-state index in [9.17, 15) is 8.42 Å². The van der Waals surface area contributed by atoms with Crippen LogP contribution in [-0.2, 0) is 10.0 Å². The van der Waals surface area contributed by atoms with Crippen LogP contribution in [0.4, 0.5) is 0 Å². The molecule has 1 aliphatic rings. The summed E-state index contributed by atoms with van der Waals surface area (Å²) >= 11 is 0. The molecule has 1 unspecified atom stereocenters. The number of aliphatic imine (C=N–C) groups is 1. The lowest BCUT2D eigenvalue weighted by atomic mass is 10.0. The summed E-state index contributed by atoms with van der Waals surface area (Å²) in [4.78, 5) is 9.09. The van der Waals surface area contributed by atoms with E-state index in [0.717, 1.165) is 44.8 Å². The smallest absolute Gasteiger partial charge is 0.208 e. The van der Waals surface area contributed by atoms with E-state index in [1.54, 1.807) is 7.05 Å². The molecule has 1 aromatic rings. The maximum atomic E-state index is 11.1. The van der Waals surface area contributed by atoms with Crippen LogP contribution < -0.4 is 10.0 Å². The summed E-state index contributed by atoms with van der Waals surface area (Å²) in [5.41, 5.74) is 1.37. The van der Waals surface area contributed by atoms with Crippen LogP contribution in [0.1, 0.15) is 24.9 Å². The van der Waals surface area contributed by atoms with E-state index in [1.165, 1.54) is 5.56 Å². The minimum absolute atomic E-state index is 0.351. The predicted molar refractivity (Wildman–Crippen MR) is 107 cm³/mol. The molecule has 1 aliphatic heterocycles. The molecule has 0 aliphatic carbocycles. The van der Waals surface area contributed by atoms with Gasteiger partial charge in [-0.15, -0.1) is 0 Å². The van der Waals surface area contributed by atoms with Gasteiger partial charge in [0, 0.05) is 52.4 Å². The number of rotatable bonds is 7. The summed E-state index contributed by atoms with van der Waals surface area (Å²) in [7, 11) is -1.39. The number of sulfonamides is 1. The Labute approximate surface area is 157 Å². The van der Waals surface area contributed by atoms with Gasteiger partial charge in [-0.25, -0.2) is 13.1 Å². The molecule has 2 rings (SSSR count). The number of piperazine rings is 1. The number of hydrogen-bond acceptors (Lipinski definition) is 4. The van der Waals surface area contributed by atoms with Crippen molar-refractivity contribution in [2.45, 2.75) is 19.4 Å². The molecule has 8 heteroatoms. The van der Waals surface area contributed by atoms with Crippen LogP contribution in [0.3, 0.4) is 0 Å². The zero-order valence-corrected chi connectivity index (χ0v) is 16.8. The summed E-state index contributed by atoms with van der Waals surface area (Å²) in [6.07, 6.45) is 2.26. The molecule has 0 bridgehead atoms. The Kier molecular flexibility index (Phi) is 7.86. The van der Waals surface area contributed by atoms with Crippen LogP contribution in [-0.4, -0.2) is 76.7 Å². The third-order valence-corrected chi connectivity index (χ3v) is 5.34. The zero-order chi connectivity index (χ0) is 19.0. The molecule has 1 aromatic carbocycles. The van der Waals surface area contributed by atoms with Gasteiger partial charge in [-0.1, -0.05) is 37.3 Å². The minimum Gasteiger partial charge on any atom is -0.355 e. The topological polar surface area (TPSA) is 77.0 Å². The molecule has 1 atom stereocenters. The standard InChI is InChI=1S/C18H31N5O2S/c1-4-17(16-8-6-5-7-9-16)22-12-14-23(15-13-22)18(19-2)20-10-11-21-26(3,24)25/h5-9,17,21H,4,10-15H2,1-3H3,(H,19,20). The Hall–Kier alpha value is -1.64. The lowest BCUT2D eigenvalue weighted by Crippen LogP contribution is -2.53. The van der Waals surface area contributed by atoms with E-state index < -0.39 is 10.0 Å². The van der Waals surface area contributed by atoms with Crippen LogP contribution in [0, 0.1) is 0 Å². The van der Waals surface area contributed by atoms with Gasteiger partial charge in [0.15, 0.2) is 5.96 Å². The second-order valence-corrected chi connectivity index (χ2v) is 8.33. The monoisotopic (exact) mass is 381 g/mol. The SMILES string of the molecule is CCC(c1ccccc1)N1CCN(C(=NC)NCCNS(C)(=O)=O)CC1. The van der Waals surface area contributed by atoms with Crippen molar-refractivity contribution >= 4 is 16.0 Å². The van der Waals surface area contributed by atoms with E-state index in [0.29, 0.717) is 19.1 Å². The Balaban J connectivity index is 1.84. The molecule has 146 valence electrons. The molecule has 1 fully saturated rings. The molecule has 0 aromatic heterocycles. The highest BCUT2D eigenvalue weighted by Crippen LogP contribution is 2.25. The third-order valence-electron chi connectivity index (χ3n) is 4.61. The second kappa shape index (κ2) is 9.89. The van der Waals surface area contributed by atoms with Gasteiger partial charge < -0.3 is 10.2 Å². The van der Waals surface area contributed by atoms with Crippen molar-refractivity contribution in [3.63, 3.8) is 0 Å². The first-order valence-corrected chi connectivity index (χ1v) is 11.0. The Morgan fingerprint density at radius 1 is 1.15 bits per heavy atom. The Morgan fingerprint density at radius 3 is 2.35 bits per heavy atom. The molecule has 2 N–H and O–H groups in total. The molecule has 0 saturated carbocycles. The molecule has 0 spiro atoms. The van der Waals surface area contributed by atoms with Gasteiger partial charge in [0.2, 0.25) is 10.0 Å². The van der Waals surface area contributed by atoms with Crippen LogP contribution >= 0.6 is 0 Å². The van der Waals surface area contributed by atoms with E-state index >= 15 is 0 Å². The van der Waals surface area contributed by atoms with Crippen molar-refractivity contribution in [1.29, 1.82) is 0 Å². The zero-order valence-electron chi connectivity index (χ0n) is 16.0. The maximum Gasteiger partial charge on any atom is 0.208 e. The first-order valence-electron chi connectivity index (χ1n) is 9.14. The largest absolute Gasteiger partial charge is 0.355 e. The van der Waals surface area contributed by atoms with Gasteiger partial charge in [-0.2, -0.15) is 0 Å². The van der Waals surface area contributed by atoms with Crippen molar-refractivity contribution in [3.8, 4) is 0 Å². The normalized spacial score (nSPS) is 18.0. The van der Waals surface area contributed by atoms with Crippen molar-refractivity contribution in [3.05, 3.63) is 35.9 Å². The minimum atomic E-state index is -3.15. The fourth-order valence-electron chi connectivity index (χ4n) is 3.37. The molecular weight excluding hydrogens is 350 g/mol. The van der Waals surface area contributed by atoms with E-state index in [1.807, 2.05) is 0 Å². The van der Waals surface area contributed by atoms with Gasteiger partial charge in [0.25, 0.3) is 0 Å². The molecule has 0 amide bonds. The maximum absolute atomic E-state index is 11.1.